The molecule has 1 rings (SSSR count). The molecule has 0 heterocycles. The van der Waals surface area contributed by atoms with Gasteiger partial charge in [-0.05, 0) is 18.3 Å². The normalized spacial score (nSPS) is 36.3. The van der Waals surface area contributed by atoms with Crippen LogP contribution >= 0.6 is 23.2 Å². The van der Waals surface area contributed by atoms with Gasteiger partial charge in [-0.1, -0.05) is 37.0 Å². The summed E-state index contributed by atoms with van der Waals surface area (Å²) in [6.45, 7) is 5.25. The Morgan fingerprint density at radius 2 is 2.25 bits per heavy atom. The fourth-order valence-electron chi connectivity index (χ4n) is 1.57. The zero-order chi connectivity index (χ0) is 9.14. The summed E-state index contributed by atoms with van der Waals surface area (Å²) < 4.78 is 0. The quantitative estimate of drug-likeness (QED) is 0.751. The Morgan fingerprint density at radius 1 is 1.58 bits per heavy atom. The maximum atomic E-state index is 5.74. The minimum Gasteiger partial charge on any atom is -0.309 e. The van der Waals surface area contributed by atoms with Gasteiger partial charge in [-0.2, -0.15) is 0 Å². The Hall–Kier alpha value is 0.280. The van der Waals surface area contributed by atoms with Crippen LogP contribution in [0.2, 0.25) is 0 Å². The van der Waals surface area contributed by atoms with E-state index in [-0.39, 0.29) is 0 Å². The first-order chi connectivity index (χ1) is 5.65. The summed E-state index contributed by atoms with van der Waals surface area (Å²) in [6, 6.07) is 0.630. The van der Waals surface area contributed by atoms with Gasteiger partial charge in [0, 0.05) is 23.2 Å². The van der Waals surface area contributed by atoms with Crippen molar-refractivity contribution >= 4 is 23.2 Å². The molecule has 0 amide bonds. The molecule has 3 unspecified atom stereocenters. The van der Waals surface area contributed by atoms with E-state index in [1.165, 1.54) is 12.0 Å². The van der Waals surface area contributed by atoms with Crippen molar-refractivity contribution in [2.24, 2.45) is 11.8 Å². The highest BCUT2D eigenvalue weighted by atomic mass is 35.5. The van der Waals surface area contributed by atoms with Crippen LogP contribution in [-0.2, 0) is 0 Å². The predicted octanol–water partition coefficient (Wildman–Crippen LogP) is 2.94. The van der Waals surface area contributed by atoms with Crippen molar-refractivity contribution in [3.05, 3.63) is 10.6 Å². The molecule has 1 fully saturated rings. The van der Waals surface area contributed by atoms with E-state index in [4.69, 9.17) is 23.2 Å². The fraction of sp³-hybridized carbons (Fsp3) is 0.778. The molecule has 0 bridgehead atoms. The molecule has 70 valence electrons. The molecule has 3 atom stereocenters. The van der Waals surface area contributed by atoms with E-state index in [1.54, 1.807) is 0 Å². The van der Waals surface area contributed by atoms with Crippen molar-refractivity contribution in [2.75, 3.05) is 6.54 Å². The highest BCUT2D eigenvalue weighted by molar-refractivity contribution is 6.36. The van der Waals surface area contributed by atoms with Gasteiger partial charge in [0.05, 0.1) is 0 Å². The van der Waals surface area contributed by atoms with Gasteiger partial charge in [0.2, 0.25) is 0 Å². The summed E-state index contributed by atoms with van der Waals surface area (Å²) in [4.78, 5) is 0. The van der Waals surface area contributed by atoms with Crippen LogP contribution in [0.4, 0.5) is 0 Å². The standard InChI is InChI=1S/C9H15Cl2N/c1-6-3-9(7(6)2)12-5-8(11)4-10/h4,6-7,9,12H,3,5H2,1-2H3/b8-4-. The molecular weight excluding hydrogens is 193 g/mol. The monoisotopic (exact) mass is 207 g/mol. The average Bonchev–Trinajstić information content (AvgIpc) is 2.10. The minimum absolute atomic E-state index is 0.630. The number of rotatable bonds is 3. The molecule has 1 saturated carbocycles. The summed E-state index contributed by atoms with van der Waals surface area (Å²) in [5, 5.41) is 4.05. The molecule has 0 aromatic heterocycles. The lowest BCUT2D eigenvalue weighted by molar-refractivity contribution is 0.141. The van der Waals surface area contributed by atoms with Crippen LogP contribution in [-0.4, -0.2) is 12.6 Å². The largest absolute Gasteiger partial charge is 0.309 e. The van der Waals surface area contributed by atoms with Gasteiger partial charge in [-0.15, -0.1) is 0 Å². The minimum atomic E-state index is 0.630. The maximum Gasteiger partial charge on any atom is 0.0432 e. The van der Waals surface area contributed by atoms with E-state index in [2.05, 4.69) is 19.2 Å². The SMILES string of the molecule is CC1CC(NC/C(Cl)=C/Cl)C1C. The van der Waals surface area contributed by atoms with Gasteiger partial charge in [0.1, 0.15) is 0 Å². The summed E-state index contributed by atoms with van der Waals surface area (Å²) in [6.07, 6.45) is 1.26. The lowest BCUT2D eigenvalue weighted by atomic mass is 9.71. The molecule has 0 spiro atoms. The third kappa shape index (κ3) is 2.38. The van der Waals surface area contributed by atoms with E-state index < -0.39 is 0 Å². The number of hydrogen-bond acceptors (Lipinski definition) is 1. The third-order valence-corrected chi connectivity index (χ3v) is 3.43. The van der Waals surface area contributed by atoms with E-state index >= 15 is 0 Å². The van der Waals surface area contributed by atoms with Crippen LogP contribution < -0.4 is 5.32 Å². The predicted molar refractivity (Wildman–Crippen MR) is 54.5 cm³/mol. The van der Waals surface area contributed by atoms with Crippen molar-refractivity contribution < 1.29 is 0 Å². The van der Waals surface area contributed by atoms with Crippen LogP contribution in [0.5, 0.6) is 0 Å². The van der Waals surface area contributed by atoms with Crippen molar-refractivity contribution in [3.8, 4) is 0 Å². The molecule has 0 radical (unpaired) electrons. The Morgan fingerprint density at radius 3 is 2.67 bits per heavy atom. The van der Waals surface area contributed by atoms with Crippen LogP contribution in [0, 0.1) is 11.8 Å². The van der Waals surface area contributed by atoms with E-state index in [0.717, 1.165) is 11.8 Å². The molecule has 0 saturated heterocycles. The molecule has 0 aromatic rings. The Balaban J connectivity index is 2.17. The summed E-state index contributed by atoms with van der Waals surface area (Å²) in [7, 11) is 0. The second kappa shape index (κ2) is 4.50. The molecule has 1 aliphatic rings. The molecule has 1 N–H and O–H groups in total. The fourth-order valence-corrected chi connectivity index (χ4v) is 1.72. The molecule has 12 heavy (non-hydrogen) atoms. The van der Waals surface area contributed by atoms with Gasteiger partial charge < -0.3 is 5.32 Å². The zero-order valence-electron chi connectivity index (χ0n) is 7.48. The zero-order valence-corrected chi connectivity index (χ0v) is 8.99. The molecular formula is C9H15Cl2N. The van der Waals surface area contributed by atoms with Crippen LogP contribution in [0.15, 0.2) is 10.6 Å². The lowest BCUT2D eigenvalue weighted by Gasteiger charge is -2.41. The number of hydrogen-bond donors (Lipinski definition) is 1. The lowest BCUT2D eigenvalue weighted by Crippen LogP contribution is -2.48. The van der Waals surface area contributed by atoms with Crippen molar-refractivity contribution in [3.63, 3.8) is 0 Å². The van der Waals surface area contributed by atoms with Gasteiger partial charge >= 0.3 is 0 Å². The van der Waals surface area contributed by atoms with Crippen molar-refractivity contribution in [1.82, 2.24) is 5.32 Å². The first-order valence-corrected chi connectivity index (χ1v) is 5.14. The first-order valence-electron chi connectivity index (χ1n) is 4.33. The van der Waals surface area contributed by atoms with Crippen molar-refractivity contribution in [1.29, 1.82) is 0 Å². The highest BCUT2D eigenvalue weighted by Crippen LogP contribution is 2.33. The van der Waals surface area contributed by atoms with Crippen LogP contribution in [0.1, 0.15) is 20.3 Å². The number of halogens is 2. The van der Waals surface area contributed by atoms with Crippen LogP contribution in [0.25, 0.3) is 0 Å². The highest BCUT2D eigenvalue weighted by Gasteiger charge is 2.33. The van der Waals surface area contributed by atoms with Gasteiger partial charge in [0.15, 0.2) is 0 Å². The van der Waals surface area contributed by atoms with Gasteiger partial charge in [0.25, 0.3) is 0 Å². The number of nitrogens with one attached hydrogen (secondary N) is 1. The maximum absolute atomic E-state index is 5.74. The van der Waals surface area contributed by atoms with E-state index in [9.17, 15) is 0 Å². The first kappa shape index (κ1) is 10.4. The summed E-state index contributed by atoms with van der Waals surface area (Å²) in [5.41, 5.74) is 1.42. The Labute approximate surface area is 84.1 Å². The average molecular weight is 208 g/mol. The van der Waals surface area contributed by atoms with Gasteiger partial charge in [-0.3, -0.25) is 0 Å². The molecule has 1 aliphatic carbocycles. The van der Waals surface area contributed by atoms with Crippen molar-refractivity contribution in [2.45, 2.75) is 26.3 Å². The second-order valence-corrected chi connectivity index (χ2v) is 4.32. The smallest absolute Gasteiger partial charge is 0.0432 e. The topological polar surface area (TPSA) is 12.0 Å². The third-order valence-electron chi connectivity index (χ3n) is 2.81. The second-order valence-electron chi connectivity index (χ2n) is 3.62. The molecule has 3 heteroatoms. The molecule has 0 aliphatic heterocycles. The van der Waals surface area contributed by atoms with E-state index in [0.29, 0.717) is 17.6 Å². The molecule has 0 aromatic carbocycles. The van der Waals surface area contributed by atoms with E-state index in [1.807, 2.05) is 0 Å². The Kier molecular flexibility index (Phi) is 3.88. The van der Waals surface area contributed by atoms with Crippen LogP contribution in [0.3, 0.4) is 0 Å². The van der Waals surface area contributed by atoms with Gasteiger partial charge in [-0.25, -0.2) is 0 Å². The Bertz CT molecular complexity index is 179. The molecule has 1 nitrogen and oxygen atoms in total. The summed E-state index contributed by atoms with van der Waals surface area (Å²) in [5.74, 6) is 1.62. The summed E-state index contributed by atoms with van der Waals surface area (Å²) >= 11 is 11.2.